The normalized spacial score (nSPS) is 20.3. The minimum Gasteiger partial charge on any atom is -0.398 e. The molecule has 0 unspecified atom stereocenters. The van der Waals surface area contributed by atoms with Gasteiger partial charge in [-0.25, -0.2) is 0 Å². The zero-order valence-electron chi connectivity index (χ0n) is 12.4. The van der Waals surface area contributed by atoms with Gasteiger partial charge in [0, 0.05) is 25.7 Å². The van der Waals surface area contributed by atoms with E-state index in [0.29, 0.717) is 5.71 Å². The Morgan fingerprint density at radius 1 is 1.30 bits per heavy atom. The predicted octanol–water partition coefficient (Wildman–Crippen LogP) is 1.31. The third kappa shape index (κ3) is 1.73. The largest absolute Gasteiger partial charge is 0.398 e. The molecule has 1 aromatic carbocycles. The maximum atomic E-state index is 12.3. The van der Waals surface area contributed by atoms with Gasteiger partial charge < -0.3 is 14.6 Å². The van der Waals surface area contributed by atoms with E-state index in [9.17, 15) is 4.79 Å². The highest BCUT2D eigenvalue weighted by atomic mass is 16.6. The molecule has 1 amide bonds. The quantitative estimate of drug-likeness (QED) is 0.725. The van der Waals surface area contributed by atoms with Crippen molar-refractivity contribution < 1.29 is 9.63 Å². The van der Waals surface area contributed by atoms with E-state index in [1.54, 1.807) is 4.90 Å². The molecule has 5 heteroatoms. The molecule has 0 N–H and O–H groups in total. The molecule has 2 heterocycles. The van der Waals surface area contributed by atoms with Crippen molar-refractivity contribution in [3.05, 3.63) is 28.3 Å². The summed E-state index contributed by atoms with van der Waals surface area (Å²) in [6.45, 7) is 4.04. The van der Waals surface area contributed by atoms with E-state index in [2.05, 4.69) is 30.1 Å². The van der Waals surface area contributed by atoms with Crippen molar-refractivity contribution in [3.8, 4) is 0 Å². The Hall–Kier alpha value is -1.88. The maximum absolute atomic E-state index is 12.3. The van der Waals surface area contributed by atoms with Crippen molar-refractivity contribution in [2.75, 3.05) is 32.6 Å². The molecule has 2 aliphatic rings. The number of likely N-dealkylation sites (N-methyl/N-ethyl adjacent to an activating group) is 2. The molecule has 0 bridgehead atoms. The van der Waals surface area contributed by atoms with Gasteiger partial charge in [-0.3, -0.25) is 4.79 Å². The molecule has 0 saturated heterocycles. The Bertz CT molecular complexity index is 622. The molecular weight excluding hydrogens is 254 g/mol. The van der Waals surface area contributed by atoms with Crippen molar-refractivity contribution in [2.45, 2.75) is 19.9 Å². The van der Waals surface area contributed by atoms with Gasteiger partial charge in [-0.05, 0) is 43.1 Å². The maximum Gasteiger partial charge on any atom is 0.280 e. The predicted molar refractivity (Wildman–Crippen MR) is 78.2 cm³/mol. The minimum absolute atomic E-state index is 0.0946. The van der Waals surface area contributed by atoms with Gasteiger partial charge in [-0.2, -0.15) is 0 Å². The molecule has 0 aromatic heterocycles. The zero-order chi connectivity index (χ0) is 14.4. The molecule has 106 valence electrons. The van der Waals surface area contributed by atoms with Crippen LogP contribution >= 0.6 is 0 Å². The lowest BCUT2D eigenvalue weighted by Gasteiger charge is -2.29. The summed E-state index contributed by atoms with van der Waals surface area (Å²) in [5.41, 5.74) is 6.16. The summed E-state index contributed by atoms with van der Waals surface area (Å²) in [6, 6.07) is 2.07. The van der Waals surface area contributed by atoms with Crippen LogP contribution in [0, 0.1) is 6.92 Å². The van der Waals surface area contributed by atoms with Crippen LogP contribution in [-0.2, 0) is 22.6 Å². The summed E-state index contributed by atoms with van der Waals surface area (Å²) in [7, 11) is 5.39. The summed E-state index contributed by atoms with van der Waals surface area (Å²) in [6.07, 6.45) is 1.03. The van der Waals surface area contributed by atoms with Gasteiger partial charge in [-0.15, -0.1) is 0 Å². The van der Waals surface area contributed by atoms with Gasteiger partial charge in [0.05, 0.1) is 5.69 Å². The van der Waals surface area contributed by atoms with Gasteiger partial charge in [0.1, 0.15) is 7.11 Å². The second kappa shape index (κ2) is 4.59. The Kier molecular flexibility index (Phi) is 3.01. The number of amides is 1. The second-order valence-electron chi connectivity index (χ2n) is 5.52. The SMILES string of the molecule is CO/N=C1/C(=O)N(C)c2c1cc(C)c1c2CN(C)CC1. The fourth-order valence-corrected chi connectivity index (χ4v) is 3.20. The van der Waals surface area contributed by atoms with Crippen molar-refractivity contribution in [1.82, 2.24) is 4.90 Å². The monoisotopic (exact) mass is 273 g/mol. The summed E-state index contributed by atoms with van der Waals surface area (Å²) in [5.74, 6) is -0.0946. The first-order valence-corrected chi connectivity index (χ1v) is 6.78. The van der Waals surface area contributed by atoms with Crippen LogP contribution < -0.4 is 4.90 Å². The van der Waals surface area contributed by atoms with Crippen molar-refractivity contribution in [1.29, 1.82) is 0 Å². The molecule has 0 saturated carbocycles. The van der Waals surface area contributed by atoms with E-state index < -0.39 is 0 Å². The highest BCUT2D eigenvalue weighted by Gasteiger charge is 2.36. The number of aryl methyl sites for hydroxylation is 1. The number of carbonyl (C=O) groups excluding carboxylic acids is 1. The van der Waals surface area contributed by atoms with Gasteiger partial charge >= 0.3 is 0 Å². The molecule has 20 heavy (non-hydrogen) atoms. The van der Waals surface area contributed by atoms with Gasteiger partial charge in [0.25, 0.3) is 5.91 Å². The van der Waals surface area contributed by atoms with Crippen LogP contribution in [0.2, 0.25) is 0 Å². The zero-order valence-corrected chi connectivity index (χ0v) is 12.4. The number of fused-ring (bicyclic) bond motifs is 3. The highest BCUT2D eigenvalue weighted by molar-refractivity contribution is 6.54. The topological polar surface area (TPSA) is 45.1 Å². The average molecular weight is 273 g/mol. The van der Waals surface area contributed by atoms with Crippen LogP contribution in [0.5, 0.6) is 0 Å². The number of oxime groups is 1. The van der Waals surface area contributed by atoms with E-state index in [-0.39, 0.29) is 5.91 Å². The van der Waals surface area contributed by atoms with Crippen molar-refractivity contribution >= 4 is 17.3 Å². The third-order valence-electron chi connectivity index (χ3n) is 4.19. The van der Waals surface area contributed by atoms with E-state index >= 15 is 0 Å². The summed E-state index contributed by atoms with van der Waals surface area (Å²) >= 11 is 0. The lowest BCUT2D eigenvalue weighted by atomic mass is 9.91. The lowest BCUT2D eigenvalue weighted by Crippen LogP contribution is -2.30. The van der Waals surface area contributed by atoms with E-state index in [1.807, 2.05) is 7.05 Å². The van der Waals surface area contributed by atoms with E-state index in [4.69, 9.17) is 4.84 Å². The fraction of sp³-hybridized carbons (Fsp3) is 0.467. The number of nitrogens with zero attached hydrogens (tertiary/aromatic N) is 3. The van der Waals surface area contributed by atoms with Crippen LogP contribution in [0.3, 0.4) is 0 Å². The number of benzene rings is 1. The van der Waals surface area contributed by atoms with Crippen LogP contribution in [0.15, 0.2) is 11.2 Å². The van der Waals surface area contributed by atoms with Crippen LogP contribution in [0.4, 0.5) is 5.69 Å². The summed E-state index contributed by atoms with van der Waals surface area (Å²) in [5, 5.41) is 3.92. The molecule has 0 spiro atoms. The molecular formula is C15H19N3O2. The van der Waals surface area contributed by atoms with Gasteiger partial charge in [-0.1, -0.05) is 5.16 Å². The third-order valence-corrected chi connectivity index (χ3v) is 4.19. The van der Waals surface area contributed by atoms with Crippen LogP contribution in [0.25, 0.3) is 0 Å². The Morgan fingerprint density at radius 3 is 2.75 bits per heavy atom. The standard InChI is InChI=1S/C15H19N3O2/c1-9-7-11-13(16-20-4)15(19)18(3)14(11)12-8-17(2)6-5-10(9)12/h7H,5-6,8H2,1-4H3/b16-13+. The Morgan fingerprint density at radius 2 is 2.05 bits per heavy atom. The van der Waals surface area contributed by atoms with Gasteiger partial charge in [0.2, 0.25) is 0 Å². The van der Waals surface area contributed by atoms with Crippen LogP contribution in [0.1, 0.15) is 22.3 Å². The molecule has 0 fully saturated rings. The number of hydrogen-bond donors (Lipinski definition) is 0. The average Bonchev–Trinajstić information content (AvgIpc) is 2.64. The number of rotatable bonds is 1. The molecule has 5 nitrogen and oxygen atoms in total. The highest BCUT2D eigenvalue weighted by Crippen LogP contribution is 2.38. The molecule has 0 radical (unpaired) electrons. The molecule has 2 aliphatic heterocycles. The first kappa shape index (κ1) is 13.1. The molecule has 0 aliphatic carbocycles. The lowest BCUT2D eigenvalue weighted by molar-refractivity contribution is -0.112. The fourth-order valence-electron chi connectivity index (χ4n) is 3.20. The summed E-state index contributed by atoms with van der Waals surface area (Å²) in [4.78, 5) is 21.2. The first-order chi connectivity index (χ1) is 9.54. The number of carbonyl (C=O) groups is 1. The van der Waals surface area contributed by atoms with Gasteiger partial charge in [0.15, 0.2) is 5.71 Å². The van der Waals surface area contributed by atoms with Crippen LogP contribution in [-0.4, -0.2) is 44.3 Å². The number of anilines is 1. The second-order valence-corrected chi connectivity index (χ2v) is 5.52. The molecule has 1 aromatic rings. The van der Waals surface area contributed by atoms with E-state index in [0.717, 1.165) is 30.8 Å². The minimum atomic E-state index is -0.0946. The Balaban J connectivity index is 2.26. The van der Waals surface area contributed by atoms with E-state index in [1.165, 1.54) is 23.8 Å². The molecule has 0 atom stereocenters. The first-order valence-electron chi connectivity index (χ1n) is 6.78. The van der Waals surface area contributed by atoms with Crippen molar-refractivity contribution in [2.24, 2.45) is 5.16 Å². The molecule has 3 rings (SSSR count). The van der Waals surface area contributed by atoms with Crippen molar-refractivity contribution in [3.63, 3.8) is 0 Å². The number of hydrogen-bond acceptors (Lipinski definition) is 4. The Labute approximate surface area is 118 Å². The summed E-state index contributed by atoms with van der Waals surface area (Å²) < 4.78 is 0. The smallest absolute Gasteiger partial charge is 0.280 e.